The molecule has 0 aromatic carbocycles. The van der Waals surface area contributed by atoms with E-state index in [0.29, 0.717) is 19.3 Å². The first-order chi connectivity index (χ1) is 37.5. The number of ether oxygens (including phenoxy) is 3. The number of rotatable bonds is 58. The molecule has 1 atom stereocenters. The smallest absolute Gasteiger partial charge is 0.306 e. The van der Waals surface area contributed by atoms with Gasteiger partial charge in [0.05, 0.1) is 0 Å². The quantitative estimate of drug-likeness (QED) is 0.0261. The summed E-state index contributed by atoms with van der Waals surface area (Å²) in [6.07, 6.45) is 86.1. The van der Waals surface area contributed by atoms with Crippen LogP contribution in [0.1, 0.15) is 310 Å². The first-order valence-corrected chi connectivity index (χ1v) is 32.2. The number of hydrogen-bond acceptors (Lipinski definition) is 6. The van der Waals surface area contributed by atoms with Crippen LogP contribution in [0.3, 0.4) is 0 Å². The topological polar surface area (TPSA) is 78.9 Å². The van der Waals surface area contributed by atoms with E-state index in [4.69, 9.17) is 14.2 Å². The number of hydrogen-bond donors (Lipinski definition) is 0. The van der Waals surface area contributed by atoms with Crippen LogP contribution in [-0.2, 0) is 28.6 Å². The van der Waals surface area contributed by atoms with Gasteiger partial charge in [0, 0.05) is 19.3 Å². The third kappa shape index (κ3) is 61.2. The Labute approximate surface area is 470 Å². The molecule has 6 heteroatoms. The summed E-state index contributed by atoms with van der Waals surface area (Å²) in [5, 5.41) is 0. The van der Waals surface area contributed by atoms with Gasteiger partial charge in [0.15, 0.2) is 6.10 Å². The molecule has 0 spiro atoms. The van der Waals surface area contributed by atoms with Crippen LogP contribution in [0.2, 0.25) is 0 Å². The Balaban J connectivity index is 4.00. The Morgan fingerprint density at radius 1 is 0.276 bits per heavy atom. The van der Waals surface area contributed by atoms with Gasteiger partial charge in [-0.25, -0.2) is 0 Å². The minimum absolute atomic E-state index is 0.0799. The molecule has 0 aliphatic carbocycles. The second-order valence-electron chi connectivity index (χ2n) is 21.3. The van der Waals surface area contributed by atoms with Crippen LogP contribution in [0.5, 0.6) is 0 Å². The van der Waals surface area contributed by atoms with E-state index in [1.54, 1.807) is 0 Å². The van der Waals surface area contributed by atoms with Crippen molar-refractivity contribution in [3.8, 4) is 0 Å². The van der Waals surface area contributed by atoms with Crippen LogP contribution in [-0.4, -0.2) is 37.2 Å². The summed E-state index contributed by atoms with van der Waals surface area (Å²) in [5.74, 6) is -0.894. The lowest BCUT2D eigenvalue weighted by Crippen LogP contribution is -2.30. The van der Waals surface area contributed by atoms with E-state index in [-0.39, 0.29) is 31.1 Å². The van der Waals surface area contributed by atoms with Gasteiger partial charge in [-0.2, -0.15) is 0 Å². The molecule has 0 radical (unpaired) electrons. The van der Waals surface area contributed by atoms with Crippen LogP contribution in [0, 0.1) is 0 Å². The minimum Gasteiger partial charge on any atom is -0.462 e. The Hall–Kier alpha value is -3.67. The number of carbonyl (C=O) groups excluding carboxylic acids is 3. The van der Waals surface area contributed by atoms with Crippen molar-refractivity contribution in [1.29, 1.82) is 0 Å². The maximum atomic E-state index is 12.8. The predicted octanol–water partition coefficient (Wildman–Crippen LogP) is 22.0. The molecule has 436 valence electrons. The standard InChI is InChI=1S/C70H120O6/c1-4-7-10-13-16-18-20-22-24-26-28-29-30-31-32-33-34-35-36-37-38-39-40-41-43-44-46-48-50-52-54-57-60-63-69(72)75-66-67(65-74-68(71)62-59-56-15-12-9-6-3)76-70(73)64-61-58-55-53-51-49-47-45-42-27-25-23-21-19-17-14-11-8-5-2/h7-8,10-11,16-19,22-25,28-29,42,45,67H,4-6,9,12-15,20-21,26-27,30-41,43-44,46-66H2,1-3H3/b10-7-,11-8-,18-16-,19-17-,24-22-,25-23-,29-28-,45-42-. The molecule has 0 amide bonds. The fourth-order valence-corrected chi connectivity index (χ4v) is 9.07. The molecular weight excluding hydrogens is 937 g/mol. The molecule has 0 bridgehead atoms. The Morgan fingerprint density at radius 2 is 0.513 bits per heavy atom. The van der Waals surface area contributed by atoms with Gasteiger partial charge in [-0.05, 0) is 96.3 Å². The van der Waals surface area contributed by atoms with Crippen molar-refractivity contribution in [2.24, 2.45) is 0 Å². The summed E-state index contributed by atoms with van der Waals surface area (Å²) in [7, 11) is 0. The van der Waals surface area contributed by atoms with E-state index < -0.39 is 6.10 Å². The van der Waals surface area contributed by atoms with E-state index in [1.165, 1.54) is 148 Å². The zero-order chi connectivity index (χ0) is 55.0. The molecule has 0 N–H and O–H groups in total. The summed E-state index contributed by atoms with van der Waals surface area (Å²) in [5.41, 5.74) is 0. The maximum Gasteiger partial charge on any atom is 0.306 e. The van der Waals surface area contributed by atoms with Gasteiger partial charge in [0.1, 0.15) is 13.2 Å². The summed E-state index contributed by atoms with van der Waals surface area (Å²) >= 11 is 0. The third-order valence-corrected chi connectivity index (χ3v) is 13.8. The van der Waals surface area contributed by atoms with E-state index in [2.05, 4.69) is 118 Å². The van der Waals surface area contributed by atoms with E-state index in [0.717, 1.165) is 122 Å². The molecule has 0 aromatic rings. The minimum atomic E-state index is -0.780. The van der Waals surface area contributed by atoms with Crippen LogP contribution >= 0.6 is 0 Å². The fourth-order valence-electron chi connectivity index (χ4n) is 9.07. The van der Waals surface area contributed by atoms with Crippen molar-refractivity contribution >= 4 is 17.9 Å². The molecule has 0 heterocycles. The van der Waals surface area contributed by atoms with Crippen molar-refractivity contribution in [3.63, 3.8) is 0 Å². The Morgan fingerprint density at radius 3 is 0.803 bits per heavy atom. The first-order valence-electron chi connectivity index (χ1n) is 32.2. The van der Waals surface area contributed by atoms with Gasteiger partial charge in [-0.3, -0.25) is 14.4 Å². The van der Waals surface area contributed by atoms with Crippen LogP contribution in [0.4, 0.5) is 0 Å². The highest BCUT2D eigenvalue weighted by molar-refractivity contribution is 5.71. The number of allylic oxidation sites excluding steroid dienone is 16. The van der Waals surface area contributed by atoms with Gasteiger partial charge in [-0.1, -0.05) is 291 Å². The highest BCUT2D eigenvalue weighted by Gasteiger charge is 2.19. The average molecular weight is 1060 g/mol. The molecule has 0 fully saturated rings. The lowest BCUT2D eigenvalue weighted by molar-refractivity contribution is -0.167. The predicted molar refractivity (Wildman–Crippen MR) is 330 cm³/mol. The number of carbonyl (C=O) groups is 3. The van der Waals surface area contributed by atoms with Crippen LogP contribution in [0.15, 0.2) is 97.2 Å². The van der Waals surface area contributed by atoms with Crippen molar-refractivity contribution < 1.29 is 28.6 Å². The van der Waals surface area contributed by atoms with Crippen LogP contribution in [0.25, 0.3) is 0 Å². The monoisotopic (exact) mass is 1060 g/mol. The molecule has 0 aliphatic rings. The summed E-state index contributed by atoms with van der Waals surface area (Å²) in [4.78, 5) is 38.0. The highest BCUT2D eigenvalue weighted by atomic mass is 16.6. The molecule has 76 heavy (non-hydrogen) atoms. The maximum absolute atomic E-state index is 12.8. The zero-order valence-electron chi connectivity index (χ0n) is 50.0. The lowest BCUT2D eigenvalue weighted by Gasteiger charge is -2.18. The van der Waals surface area contributed by atoms with Crippen molar-refractivity contribution in [2.75, 3.05) is 13.2 Å². The second-order valence-corrected chi connectivity index (χ2v) is 21.3. The molecule has 0 saturated heterocycles. The lowest BCUT2D eigenvalue weighted by atomic mass is 10.0. The van der Waals surface area contributed by atoms with Gasteiger partial charge < -0.3 is 14.2 Å². The summed E-state index contributed by atoms with van der Waals surface area (Å²) < 4.78 is 16.8. The first kappa shape index (κ1) is 72.3. The molecule has 0 aromatic heterocycles. The van der Waals surface area contributed by atoms with E-state index >= 15 is 0 Å². The van der Waals surface area contributed by atoms with Gasteiger partial charge >= 0.3 is 17.9 Å². The summed E-state index contributed by atoms with van der Waals surface area (Å²) in [6.45, 7) is 6.37. The largest absolute Gasteiger partial charge is 0.462 e. The number of esters is 3. The highest BCUT2D eigenvalue weighted by Crippen LogP contribution is 2.17. The normalized spacial score (nSPS) is 12.7. The molecule has 0 saturated carbocycles. The average Bonchev–Trinajstić information content (AvgIpc) is 3.42. The zero-order valence-corrected chi connectivity index (χ0v) is 50.0. The molecule has 0 rings (SSSR count). The van der Waals surface area contributed by atoms with E-state index in [1.807, 2.05) is 0 Å². The third-order valence-electron chi connectivity index (χ3n) is 13.8. The molecule has 6 nitrogen and oxygen atoms in total. The number of unbranched alkanes of at least 4 members (excludes halogenated alkanes) is 31. The SMILES string of the molecule is CC/C=C\C/C=C\C/C=C\C/C=C\CCCCCCCCCCCCCCCCCCCCCCC(=O)OCC(COC(=O)CCCCCCCC)OC(=O)CCCCCCCC/C=C\C/C=C\C/C=C\C/C=C\CC. The Kier molecular flexibility index (Phi) is 60.8. The second kappa shape index (κ2) is 63.9. The van der Waals surface area contributed by atoms with Gasteiger partial charge in [0.2, 0.25) is 0 Å². The molecule has 0 aliphatic heterocycles. The molecule has 1 unspecified atom stereocenters. The van der Waals surface area contributed by atoms with Crippen molar-refractivity contribution in [3.05, 3.63) is 97.2 Å². The van der Waals surface area contributed by atoms with Crippen molar-refractivity contribution in [2.45, 2.75) is 316 Å². The van der Waals surface area contributed by atoms with Gasteiger partial charge in [0.25, 0.3) is 0 Å². The fraction of sp³-hybridized carbons (Fsp3) is 0.729. The van der Waals surface area contributed by atoms with Crippen LogP contribution < -0.4 is 0 Å². The van der Waals surface area contributed by atoms with E-state index in [9.17, 15) is 14.4 Å². The molecular formula is C70H120O6. The van der Waals surface area contributed by atoms with Gasteiger partial charge in [-0.15, -0.1) is 0 Å². The van der Waals surface area contributed by atoms with Crippen molar-refractivity contribution in [1.82, 2.24) is 0 Å². The Bertz CT molecular complexity index is 1490. The summed E-state index contributed by atoms with van der Waals surface area (Å²) in [6, 6.07) is 0.